The monoisotopic (exact) mass is 383 g/mol. The van der Waals surface area contributed by atoms with Crippen LogP contribution in [0.2, 0.25) is 5.02 Å². The van der Waals surface area contributed by atoms with Crippen LogP contribution in [-0.2, 0) is 0 Å². The normalized spacial score (nSPS) is 11.1. The van der Waals surface area contributed by atoms with Crippen molar-refractivity contribution in [2.24, 2.45) is 0 Å². The summed E-state index contributed by atoms with van der Waals surface area (Å²) in [4.78, 5) is 39.4. The molecule has 0 radical (unpaired) electrons. The number of carboxylic acid groups (broad SMARTS) is 1. The number of aromatic hydroxyl groups is 1. The van der Waals surface area contributed by atoms with Crippen LogP contribution in [-0.4, -0.2) is 30.9 Å². The molecule has 2 heterocycles. The van der Waals surface area contributed by atoms with Gasteiger partial charge in [0.15, 0.2) is 0 Å². The lowest BCUT2D eigenvalue weighted by molar-refractivity contribution is 0.0697. The van der Waals surface area contributed by atoms with Crippen molar-refractivity contribution in [3.63, 3.8) is 0 Å². The van der Waals surface area contributed by atoms with Crippen LogP contribution in [0.4, 0.5) is 0 Å². The van der Waals surface area contributed by atoms with Crippen LogP contribution in [0.25, 0.3) is 27.5 Å². The van der Waals surface area contributed by atoms with Crippen LogP contribution >= 0.6 is 11.6 Å². The van der Waals surface area contributed by atoms with Crippen molar-refractivity contribution in [1.82, 2.24) is 14.8 Å². The molecule has 0 spiro atoms. The largest absolute Gasteiger partial charge is 0.491 e. The number of aromatic nitrogens is 3. The van der Waals surface area contributed by atoms with Gasteiger partial charge in [0.1, 0.15) is 10.9 Å². The highest BCUT2D eigenvalue weighted by molar-refractivity contribution is 6.31. The summed E-state index contributed by atoms with van der Waals surface area (Å²) in [5.41, 5.74) is -0.827. The molecule has 0 aliphatic rings. The first-order valence-corrected chi connectivity index (χ1v) is 8.06. The fourth-order valence-electron chi connectivity index (χ4n) is 2.85. The maximum Gasteiger partial charge on any atom is 0.335 e. The predicted molar refractivity (Wildman–Crippen MR) is 99.1 cm³/mol. The fraction of sp³-hybridized carbons (Fsp3) is 0. The van der Waals surface area contributed by atoms with E-state index in [1.54, 1.807) is 0 Å². The number of benzene rings is 2. The van der Waals surface area contributed by atoms with E-state index in [4.69, 9.17) is 16.7 Å². The van der Waals surface area contributed by atoms with Crippen molar-refractivity contribution in [3.8, 4) is 11.6 Å². The van der Waals surface area contributed by atoms with E-state index in [0.717, 1.165) is 4.68 Å². The minimum Gasteiger partial charge on any atom is -0.491 e. The topological polar surface area (TPSA) is 125 Å². The Kier molecular flexibility index (Phi) is 3.71. The Morgan fingerprint density at radius 3 is 2.48 bits per heavy atom. The van der Waals surface area contributed by atoms with Crippen molar-refractivity contribution in [3.05, 3.63) is 73.6 Å². The van der Waals surface area contributed by atoms with E-state index in [-0.39, 0.29) is 27.5 Å². The van der Waals surface area contributed by atoms with Gasteiger partial charge in [-0.3, -0.25) is 9.59 Å². The quantitative estimate of drug-likeness (QED) is 0.456. The van der Waals surface area contributed by atoms with Crippen LogP contribution in [0, 0.1) is 0 Å². The van der Waals surface area contributed by atoms with E-state index in [0.29, 0.717) is 10.5 Å². The van der Waals surface area contributed by atoms with Gasteiger partial charge in [-0.2, -0.15) is 4.68 Å². The van der Waals surface area contributed by atoms with Gasteiger partial charge in [0.2, 0.25) is 5.43 Å². The molecule has 2 aromatic heterocycles. The van der Waals surface area contributed by atoms with Crippen molar-refractivity contribution in [2.75, 3.05) is 0 Å². The van der Waals surface area contributed by atoms with Crippen LogP contribution in [0.15, 0.2) is 52.1 Å². The summed E-state index contributed by atoms with van der Waals surface area (Å²) in [6, 6.07) is 9.82. The molecule has 27 heavy (non-hydrogen) atoms. The molecule has 0 bridgehead atoms. The molecule has 3 N–H and O–H groups in total. The summed E-state index contributed by atoms with van der Waals surface area (Å²) in [5, 5.41) is 23.4. The summed E-state index contributed by atoms with van der Waals surface area (Å²) in [6.45, 7) is 0. The maximum atomic E-state index is 12.9. The molecule has 0 aliphatic heterocycles. The number of pyridine rings is 1. The smallest absolute Gasteiger partial charge is 0.335 e. The molecule has 2 aromatic carbocycles. The highest BCUT2D eigenvalue weighted by atomic mass is 35.5. The lowest BCUT2D eigenvalue weighted by Crippen LogP contribution is -2.26. The minimum absolute atomic E-state index is 0.0255. The Morgan fingerprint density at radius 2 is 1.81 bits per heavy atom. The zero-order chi connectivity index (χ0) is 19.3. The number of hydrogen-bond acceptors (Lipinski definition) is 5. The van der Waals surface area contributed by atoms with Gasteiger partial charge in [0.25, 0.3) is 11.4 Å². The third-order valence-corrected chi connectivity index (χ3v) is 4.38. The Morgan fingerprint density at radius 1 is 1.11 bits per heavy atom. The van der Waals surface area contributed by atoms with Gasteiger partial charge in [-0.1, -0.05) is 11.6 Å². The molecule has 4 rings (SSSR count). The van der Waals surface area contributed by atoms with Gasteiger partial charge in [0, 0.05) is 10.4 Å². The first-order chi connectivity index (χ1) is 12.9. The van der Waals surface area contributed by atoms with E-state index in [1.165, 1.54) is 42.5 Å². The average Bonchev–Trinajstić information content (AvgIpc) is 2.64. The number of halogens is 1. The number of H-pyrrole nitrogens is 1. The van der Waals surface area contributed by atoms with Crippen molar-refractivity contribution >= 4 is 39.4 Å². The summed E-state index contributed by atoms with van der Waals surface area (Å²) < 4.78 is 0.848. The second-order valence-electron chi connectivity index (χ2n) is 5.79. The second kappa shape index (κ2) is 5.96. The van der Waals surface area contributed by atoms with Gasteiger partial charge in [0.05, 0.1) is 16.8 Å². The molecule has 0 fully saturated rings. The highest BCUT2D eigenvalue weighted by Crippen LogP contribution is 2.21. The number of fused-ring (bicyclic) bond motifs is 2. The molecule has 8 nitrogen and oxygen atoms in total. The number of aromatic carboxylic acids is 1. The highest BCUT2D eigenvalue weighted by Gasteiger charge is 2.17. The van der Waals surface area contributed by atoms with E-state index in [9.17, 15) is 19.5 Å². The Labute approximate surface area is 154 Å². The number of aromatic amines is 1. The van der Waals surface area contributed by atoms with E-state index >= 15 is 0 Å². The Balaban J connectivity index is 2.06. The molecule has 0 saturated carbocycles. The van der Waals surface area contributed by atoms with Gasteiger partial charge in [-0.05, 0) is 42.5 Å². The summed E-state index contributed by atoms with van der Waals surface area (Å²) in [6.07, 6.45) is 0. The third kappa shape index (κ3) is 2.63. The van der Waals surface area contributed by atoms with Crippen LogP contribution in [0.1, 0.15) is 10.4 Å². The Hall–Kier alpha value is -3.65. The molecule has 9 heteroatoms. The summed E-state index contributed by atoms with van der Waals surface area (Å²) in [7, 11) is 0. The van der Waals surface area contributed by atoms with Crippen LogP contribution in [0.3, 0.4) is 0 Å². The molecule has 0 saturated heterocycles. The lowest BCUT2D eigenvalue weighted by atomic mass is 10.1. The van der Waals surface area contributed by atoms with Crippen LogP contribution in [0.5, 0.6) is 5.88 Å². The number of nitrogens with zero attached hydrogens (tertiary/aromatic N) is 2. The number of carbonyl (C=O) groups is 1. The molecular weight excluding hydrogens is 374 g/mol. The summed E-state index contributed by atoms with van der Waals surface area (Å²) >= 11 is 5.93. The van der Waals surface area contributed by atoms with Crippen molar-refractivity contribution < 1.29 is 15.0 Å². The van der Waals surface area contributed by atoms with Crippen molar-refractivity contribution in [1.29, 1.82) is 0 Å². The van der Waals surface area contributed by atoms with Gasteiger partial charge in [-0.15, -0.1) is 5.10 Å². The summed E-state index contributed by atoms with van der Waals surface area (Å²) in [5.74, 6) is -1.67. The van der Waals surface area contributed by atoms with E-state index in [2.05, 4.69) is 10.1 Å². The number of nitrogens with one attached hydrogen (secondary N) is 1. The molecule has 0 amide bonds. The standard InChI is InChI=1S/C18H10ClN3O5/c19-9-3-6-11-12(7-9)20-14-13(15(11)23)17(25)22(21-16(14)24)10-4-1-8(2-5-10)18(26)27/h1-7H,(H,20,23)(H,21,24)(H,26,27). The Bertz CT molecular complexity index is 1360. The predicted octanol–water partition coefficient (Wildman–Crippen LogP) is 2.28. The van der Waals surface area contributed by atoms with Crippen LogP contribution < -0.4 is 11.0 Å². The third-order valence-electron chi connectivity index (χ3n) is 4.15. The van der Waals surface area contributed by atoms with Crippen molar-refractivity contribution in [2.45, 2.75) is 0 Å². The van der Waals surface area contributed by atoms with Gasteiger partial charge >= 0.3 is 5.97 Å². The molecular formula is C18H10ClN3O5. The first kappa shape index (κ1) is 16.8. The SMILES string of the molecule is O=C(O)c1ccc(-n2nc(O)c3[nH]c4cc(Cl)ccc4c(=O)c3c2=O)cc1. The van der Waals surface area contributed by atoms with E-state index < -0.39 is 22.8 Å². The lowest BCUT2D eigenvalue weighted by Gasteiger charge is -2.09. The number of carboxylic acids is 1. The molecule has 0 aliphatic carbocycles. The van der Waals surface area contributed by atoms with Gasteiger partial charge in [-0.25, -0.2) is 4.79 Å². The molecule has 134 valence electrons. The fourth-order valence-corrected chi connectivity index (χ4v) is 3.02. The van der Waals surface area contributed by atoms with E-state index in [1.807, 2.05) is 0 Å². The number of hydrogen-bond donors (Lipinski definition) is 3. The minimum atomic E-state index is -1.12. The molecule has 4 aromatic rings. The number of rotatable bonds is 2. The zero-order valence-electron chi connectivity index (χ0n) is 13.4. The molecule has 0 atom stereocenters. The zero-order valence-corrected chi connectivity index (χ0v) is 14.2. The second-order valence-corrected chi connectivity index (χ2v) is 6.22. The van der Waals surface area contributed by atoms with Gasteiger partial charge < -0.3 is 15.2 Å². The molecule has 0 unspecified atom stereocenters. The first-order valence-electron chi connectivity index (χ1n) is 7.68. The maximum absolute atomic E-state index is 12.9. The average molecular weight is 384 g/mol.